The fourth-order valence-corrected chi connectivity index (χ4v) is 3.72. The Balaban J connectivity index is 1.48. The summed E-state index contributed by atoms with van der Waals surface area (Å²) < 4.78 is 5.63. The van der Waals surface area contributed by atoms with Gasteiger partial charge < -0.3 is 15.0 Å². The number of ether oxygens (including phenoxy) is 1. The van der Waals surface area contributed by atoms with Gasteiger partial charge in [-0.15, -0.1) is 0 Å². The standard InChI is InChI=1S/C17H24N2O2/c1-19-10-15-11-21-13-17(15,12-19)9-16(20)18-8-7-14-5-3-2-4-6-14/h2-6,15H,7-13H2,1H3,(H,18,20)/t15-,17+/m1/s1. The van der Waals surface area contributed by atoms with Gasteiger partial charge in [0, 0.05) is 37.4 Å². The van der Waals surface area contributed by atoms with Gasteiger partial charge in [-0.1, -0.05) is 30.3 Å². The van der Waals surface area contributed by atoms with Crippen LogP contribution in [0.15, 0.2) is 30.3 Å². The maximum Gasteiger partial charge on any atom is 0.220 e. The van der Waals surface area contributed by atoms with E-state index < -0.39 is 0 Å². The third kappa shape index (κ3) is 3.27. The summed E-state index contributed by atoms with van der Waals surface area (Å²) in [5.74, 6) is 0.680. The number of amides is 1. The van der Waals surface area contributed by atoms with Crippen molar-refractivity contribution in [2.24, 2.45) is 11.3 Å². The third-order valence-corrected chi connectivity index (χ3v) is 4.78. The fourth-order valence-electron chi connectivity index (χ4n) is 3.72. The zero-order chi connectivity index (χ0) is 14.7. The van der Waals surface area contributed by atoms with Crippen LogP contribution >= 0.6 is 0 Å². The highest BCUT2D eigenvalue weighted by Gasteiger charge is 2.50. The molecule has 2 saturated heterocycles. The first-order chi connectivity index (χ1) is 10.2. The van der Waals surface area contributed by atoms with Crippen molar-refractivity contribution in [2.75, 3.05) is 39.9 Å². The number of carbonyl (C=O) groups is 1. The van der Waals surface area contributed by atoms with E-state index in [2.05, 4.69) is 29.4 Å². The molecule has 1 amide bonds. The van der Waals surface area contributed by atoms with Gasteiger partial charge in [0.2, 0.25) is 5.91 Å². The first-order valence-corrected chi connectivity index (χ1v) is 7.75. The Morgan fingerprint density at radius 3 is 3.05 bits per heavy atom. The van der Waals surface area contributed by atoms with Gasteiger partial charge >= 0.3 is 0 Å². The number of nitrogens with zero attached hydrogens (tertiary/aromatic N) is 1. The minimum Gasteiger partial charge on any atom is -0.380 e. The molecule has 2 atom stereocenters. The quantitative estimate of drug-likeness (QED) is 0.888. The number of fused-ring (bicyclic) bond motifs is 1. The first-order valence-electron chi connectivity index (χ1n) is 7.75. The minimum absolute atomic E-state index is 0.0472. The van der Waals surface area contributed by atoms with Crippen molar-refractivity contribution >= 4 is 5.91 Å². The third-order valence-electron chi connectivity index (χ3n) is 4.78. The highest BCUT2D eigenvalue weighted by molar-refractivity contribution is 5.77. The smallest absolute Gasteiger partial charge is 0.220 e. The van der Waals surface area contributed by atoms with Gasteiger partial charge in [0.05, 0.1) is 13.2 Å². The van der Waals surface area contributed by atoms with Crippen molar-refractivity contribution in [3.05, 3.63) is 35.9 Å². The minimum atomic E-state index is 0.0472. The zero-order valence-corrected chi connectivity index (χ0v) is 12.7. The van der Waals surface area contributed by atoms with E-state index in [4.69, 9.17) is 4.74 Å². The molecule has 2 heterocycles. The van der Waals surface area contributed by atoms with Crippen LogP contribution in [0.3, 0.4) is 0 Å². The van der Waals surface area contributed by atoms with Gasteiger partial charge in [0.15, 0.2) is 0 Å². The molecule has 21 heavy (non-hydrogen) atoms. The SMILES string of the molecule is CN1C[C@@H]2COC[C@]2(CC(=O)NCCc2ccccc2)C1. The summed E-state index contributed by atoms with van der Waals surface area (Å²) >= 11 is 0. The summed E-state index contributed by atoms with van der Waals surface area (Å²) in [7, 11) is 2.13. The van der Waals surface area contributed by atoms with Crippen LogP contribution in [0.4, 0.5) is 0 Å². The molecule has 0 spiro atoms. The molecule has 0 aromatic heterocycles. The molecule has 1 aromatic rings. The van der Waals surface area contributed by atoms with E-state index in [1.54, 1.807) is 0 Å². The van der Waals surface area contributed by atoms with E-state index in [0.29, 0.717) is 18.9 Å². The number of hydrogen-bond acceptors (Lipinski definition) is 3. The Bertz CT molecular complexity index is 491. The number of nitrogens with one attached hydrogen (secondary N) is 1. The number of rotatable bonds is 5. The lowest BCUT2D eigenvalue weighted by atomic mass is 9.78. The van der Waals surface area contributed by atoms with Crippen LogP contribution in [-0.2, 0) is 16.0 Å². The van der Waals surface area contributed by atoms with Crippen LogP contribution in [0.5, 0.6) is 0 Å². The molecule has 2 aliphatic heterocycles. The van der Waals surface area contributed by atoms with Gasteiger partial charge in [-0.25, -0.2) is 0 Å². The second kappa shape index (κ2) is 6.16. The Hall–Kier alpha value is -1.39. The van der Waals surface area contributed by atoms with E-state index in [-0.39, 0.29) is 11.3 Å². The lowest BCUT2D eigenvalue weighted by Crippen LogP contribution is -2.37. The normalized spacial score (nSPS) is 28.5. The van der Waals surface area contributed by atoms with Crippen LogP contribution in [0.1, 0.15) is 12.0 Å². The largest absolute Gasteiger partial charge is 0.380 e. The van der Waals surface area contributed by atoms with Gasteiger partial charge in [0.25, 0.3) is 0 Å². The second-order valence-electron chi connectivity index (χ2n) is 6.53. The van der Waals surface area contributed by atoms with Crippen molar-refractivity contribution in [3.8, 4) is 0 Å². The summed E-state index contributed by atoms with van der Waals surface area (Å²) in [5, 5.41) is 3.07. The van der Waals surface area contributed by atoms with E-state index in [1.807, 2.05) is 18.2 Å². The first kappa shape index (κ1) is 14.5. The molecule has 0 aliphatic carbocycles. The van der Waals surface area contributed by atoms with Crippen LogP contribution in [0.25, 0.3) is 0 Å². The second-order valence-corrected chi connectivity index (χ2v) is 6.53. The Labute approximate surface area is 126 Å². The molecular weight excluding hydrogens is 264 g/mol. The molecule has 114 valence electrons. The Kier molecular flexibility index (Phi) is 4.27. The molecule has 0 saturated carbocycles. The molecular formula is C17H24N2O2. The van der Waals surface area contributed by atoms with Gasteiger partial charge in [-0.05, 0) is 19.0 Å². The van der Waals surface area contributed by atoms with Gasteiger partial charge in [-0.3, -0.25) is 4.79 Å². The lowest BCUT2D eigenvalue weighted by molar-refractivity contribution is -0.123. The molecule has 4 nitrogen and oxygen atoms in total. The van der Waals surface area contributed by atoms with Crippen molar-refractivity contribution in [2.45, 2.75) is 12.8 Å². The summed E-state index contributed by atoms with van der Waals surface area (Å²) in [6.07, 6.45) is 1.48. The number of hydrogen-bond donors (Lipinski definition) is 1. The molecule has 0 radical (unpaired) electrons. The molecule has 0 bridgehead atoms. The Morgan fingerprint density at radius 2 is 2.24 bits per heavy atom. The van der Waals surface area contributed by atoms with E-state index in [0.717, 1.165) is 32.7 Å². The lowest BCUT2D eigenvalue weighted by Gasteiger charge is -2.26. The maximum absolute atomic E-state index is 12.2. The molecule has 0 unspecified atom stereocenters. The molecule has 2 aliphatic rings. The summed E-state index contributed by atoms with van der Waals surface area (Å²) in [6.45, 7) is 4.27. The summed E-state index contributed by atoms with van der Waals surface area (Å²) in [5.41, 5.74) is 1.31. The van der Waals surface area contributed by atoms with E-state index >= 15 is 0 Å². The predicted octanol–water partition coefficient (Wildman–Crippen LogP) is 1.31. The summed E-state index contributed by atoms with van der Waals surface area (Å²) in [6, 6.07) is 10.3. The topological polar surface area (TPSA) is 41.6 Å². The van der Waals surface area contributed by atoms with E-state index in [9.17, 15) is 4.79 Å². The van der Waals surface area contributed by atoms with Crippen molar-refractivity contribution in [1.82, 2.24) is 10.2 Å². The number of carbonyl (C=O) groups excluding carboxylic acids is 1. The van der Waals surface area contributed by atoms with Gasteiger partial charge in [0.1, 0.15) is 0 Å². The average Bonchev–Trinajstić information content (AvgIpc) is 2.95. The molecule has 1 N–H and O–H groups in total. The van der Waals surface area contributed by atoms with Gasteiger partial charge in [-0.2, -0.15) is 0 Å². The predicted molar refractivity (Wildman–Crippen MR) is 82.0 cm³/mol. The molecule has 3 rings (SSSR count). The average molecular weight is 288 g/mol. The monoisotopic (exact) mass is 288 g/mol. The van der Waals surface area contributed by atoms with E-state index in [1.165, 1.54) is 5.56 Å². The maximum atomic E-state index is 12.2. The fraction of sp³-hybridized carbons (Fsp3) is 0.588. The summed E-state index contributed by atoms with van der Waals surface area (Å²) in [4.78, 5) is 14.6. The van der Waals surface area contributed by atoms with Crippen LogP contribution in [0.2, 0.25) is 0 Å². The Morgan fingerprint density at radius 1 is 1.43 bits per heavy atom. The highest BCUT2D eigenvalue weighted by Crippen LogP contribution is 2.43. The number of likely N-dealkylation sites (tertiary alicyclic amines) is 1. The van der Waals surface area contributed by atoms with Crippen molar-refractivity contribution in [1.29, 1.82) is 0 Å². The van der Waals surface area contributed by atoms with Crippen LogP contribution in [0, 0.1) is 11.3 Å². The van der Waals surface area contributed by atoms with Crippen molar-refractivity contribution < 1.29 is 9.53 Å². The molecule has 1 aromatic carbocycles. The molecule has 2 fully saturated rings. The number of benzene rings is 1. The molecule has 4 heteroatoms. The zero-order valence-electron chi connectivity index (χ0n) is 12.7. The highest BCUT2D eigenvalue weighted by atomic mass is 16.5. The van der Waals surface area contributed by atoms with Crippen LogP contribution < -0.4 is 5.32 Å². The van der Waals surface area contributed by atoms with Crippen molar-refractivity contribution in [3.63, 3.8) is 0 Å². The van der Waals surface area contributed by atoms with Crippen LogP contribution in [-0.4, -0.2) is 50.7 Å².